The molecule has 0 amide bonds. The van der Waals surface area contributed by atoms with Crippen molar-refractivity contribution in [1.29, 1.82) is 0 Å². The molecule has 2 unspecified atom stereocenters. The van der Waals surface area contributed by atoms with Gasteiger partial charge in [0.15, 0.2) is 11.5 Å². The summed E-state index contributed by atoms with van der Waals surface area (Å²) >= 11 is 0. The smallest absolute Gasteiger partial charge is 0.307 e. The van der Waals surface area contributed by atoms with Gasteiger partial charge in [0.25, 0.3) is 0 Å². The van der Waals surface area contributed by atoms with Crippen molar-refractivity contribution in [2.75, 3.05) is 53.4 Å². The van der Waals surface area contributed by atoms with E-state index in [-0.39, 0.29) is 12.0 Å². The average Bonchev–Trinajstić information content (AvgIpc) is 2.79. The van der Waals surface area contributed by atoms with Crippen LogP contribution in [0, 0.1) is 5.92 Å². The fourth-order valence-corrected chi connectivity index (χ4v) is 4.25. The highest BCUT2D eigenvalue weighted by molar-refractivity contribution is 5.70. The van der Waals surface area contributed by atoms with E-state index in [1.165, 1.54) is 0 Å². The van der Waals surface area contributed by atoms with Gasteiger partial charge >= 0.3 is 5.97 Å². The first-order chi connectivity index (χ1) is 14.9. The first kappa shape index (κ1) is 22.7. The van der Waals surface area contributed by atoms with Crippen molar-refractivity contribution in [2.24, 2.45) is 5.92 Å². The summed E-state index contributed by atoms with van der Waals surface area (Å²) in [4.78, 5) is 16.0. The molecule has 2 aromatic rings. The van der Waals surface area contributed by atoms with E-state index in [9.17, 15) is 9.90 Å². The summed E-state index contributed by atoms with van der Waals surface area (Å²) in [6.45, 7) is 1.29. The second-order valence-corrected chi connectivity index (χ2v) is 8.01. The third kappa shape index (κ3) is 4.88. The van der Waals surface area contributed by atoms with Gasteiger partial charge in [0.2, 0.25) is 0 Å². The molecule has 1 heterocycles. The van der Waals surface area contributed by atoms with Crippen LogP contribution in [0.2, 0.25) is 0 Å². The number of nitrogens with zero attached hydrogens (tertiary/aromatic N) is 2. The van der Waals surface area contributed by atoms with Gasteiger partial charge in [-0.1, -0.05) is 12.1 Å². The third-order valence-corrected chi connectivity index (χ3v) is 5.92. The normalized spacial score (nSPS) is 17.6. The molecule has 0 aromatic heterocycles. The molecule has 1 saturated heterocycles. The Morgan fingerprint density at radius 2 is 1.65 bits per heavy atom. The zero-order valence-electron chi connectivity index (χ0n) is 18.9. The maximum Gasteiger partial charge on any atom is 0.307 e. The summed E-state index contributed by atoms with van der Waals surface area (Å²) in [5, 5.41) is 9.63. The zero-order valence-corrected chi connectivity index (χ0v) is 18.9. The molecular formula is C24H32N2O5. The maximum atomic E-state index is 11.7. The SMILES string of the molecule is COc1cc(OC)c(C(c2ccc(N(C)C)cc2)N2CCCC(C(=O)O)C2)cc1OC. The number of likely N-dealkylation sites (tertiary alicyclic amines) is 1. The lowest BCUT2D eigenvalue weighted by molar-refractivity contribution is -0.143. The van der Waals surface area contributed by atoms with Gasteiger partial charge in [-0.15, -0.1) is 0 Å². The summed E-state index contributed by atoms with van der Waals surface area (Å²) < 4.78 is 16.7. The molecule has 0 aliphatic carbocycles. The van der Waals surface area contributed by atoms with Crippen molar-refractivity contribution in [2.45, 2.75) is 18.9 Å². The summed E-state index contributed by atoms with van der Waals surface area (Å²) in [6, 6.07) is 11.9. The molecule has 168 valence electrons. The van der Waals surface area contributed by atoms with E-state index in [1.807, 2.05) is 26.2 Å². The Balaban J connectivity index is 2.13. The van der Waals surface area contributed by atoms with Crippen LogP contribution in [0.4, 0.5) is 5.69 Å². The number of piperidine rings is 1. The Bertz CT molecular complexity index is 898. The summed E-state index contributed by atoms with van der Waals surface area (Å²) in [7, 11) is 8.85. The first-order valence-corrected chi connectivity index (χ1v) is 10.4. The molecule has 31 heavy (non-hydrogen) atoms. The number of methoxy groups -OCH3 is 3. The van der Waals surface area contributed by atoms with E-state index in [4.69, 9.17) is 14.2 Å². The van der Waals surface area contributed by atoms with Gasteiger partial charge in [-0.05, 0) is 43.1 Å². The van der Waals surface area contributed by atoms with Crippen LogP contribution in [-0.4, -0.2) is 64.5 Å². The van der Waals surface area contributed by atoms with Crippen molar-refractivity contribution in [3.8, 4) is 17.2 Å². The number of carboxylic acid groups (broad SMARTS) is 1. The molecule has 1 aliphatic rings. The molecule has 0 spiro atoms. The second-order valence-electron chi connectivity index (χ2n) is 8.01. The Morgan fingerprint density at radius 3 is 2.19 bits per heavy atom. The number of benzene rings is 2. The highest BCUT2D eigenvalue weighted by Crippen LogP contribution is 2.43. The summed E-state index contributed by atoms with van der Waals surface area (Å²) in [6.07, 6.45) is 1.53. The second kappa shape index (κ2) is 9.92. The topological polar surface area (TPSA) is 71.5 Å². The van der Waals surface area contributed by atoms with Crippen LogP contribution < -0.4 is 19.1 Å². The number of hydrogen-bond acceptors (Lipinski definition) is 6. The Morgan fingerprint density at radius 1 is 1.03 bits per heavy atom. The summed E-state index contributed by atoms with van der Waals surface area (Å²) in [5.74, 6) is 0.748. The van der Waals surface area contributed by atoms with Crippen LogP contribution in [0.25, 0.3) is 0 Å². The fraction of sp³-hybridized carbons (Fsp3) is 0.458. The first-order valence-electron chi connectivity index (χ1n) is 10.4. The number of aliphatic carboxylic acids is 1. The van der Waals surface area contributed by atoms with Crippen molar-refractivity contribution in [3.63, 3.8) is 0 Å². The molecule has 0 saturated carbocycles. The lowest BCUT2D eigenvalue weighted by Gasteiger charge is -2.38. The monoisotopic (exact) mass is 428 g/mol. The molecule has 3 rings (SSSR count). The van der Waals surface area contributed by atoms with Crippen molar-refractivity contribution in [3.05, 3.63) is 47.5 Å². The van der Waals surface area contributed by atoms with E-state index < -0.39 is 5.97 Å². The zero-order chi connectivity index (χ0) is 22.5. The van der Waals surface area contributed by atoms with Gasteiger partial charge in [0, 0.05) is 38.0 Å². The Labute approximate surface area is 184 Å². The van der Waals surface area contributed by atoms with Crippen molar-refractivity contribution >= 4 is 11.7 Å². The molecule has 2 aromatic carbocycles. The van der Waals surface area contributed by atoms with Gasteiger partial charge in [-0.2, -0.15) is 0 Å². The maximum absolute atomic E-state index is 11.7. The highest BCUT2D eigenvalue weighted by Gasteiger charge is 2.33. The number of carbonyl (C=O) groups is 1. The third-order valence-electron chi connectivity index (χ3n) is 5.92. The van der Waals surface area contributed by atoms with Gasteiger partial charge in [-0.25, -0.2) is 0 Å². The van der Waals surface area contributed by atoms with Gasteiger partial charge in [-0.3, -0.25) is 9.69 Å². The Kier molecular flexibility index (Phi) is 7.28. The quantitative estimate of drug-likeness (QED) is 0.688. The predicted molar refractivity (Wildman–Crippen MR) is 121 cm³/mol. The predicted octanol–water partition coefficient (Wildman–Crippen LogP) is 3.66. The molecule has 1 fully saturated rings. The molecule has 1 N–H and O–H groups in total. The standard InChI is InChI=1S/C24H32N2O5/c1-25(2)18-10-8-16(9-11-18)23(26-12-6-7-17(15-26)24(27)28)19-13-21(30-4)22(31-5)14-20(19)29-3/h8-11,13-14,17,23H,6-7,12,15H2,1-5H3,(H,27,28). The number of rotatable bonds is 8. The highest BCUT2D eigenvalue weighted by atomic mass is 16.5. The largest absolute Gasteiger partial charge is 0.496 e. The van der Waals surface area contributed by atoms with Crippen LogP contribution in [0.1, 0.15) is 30.0 Å². The minimum absolute atomic E-state index is 0.173. The lowest BCUT2D eigenvalue weighted by Crippen LogP contribution is -2.41. The van der Waals surface area contributed by atoms with Crippen LogP contribution in [0.3, 0.4) is 0 Å². The van der Waals surface area contributed by atoms with E-state index >= 15 is 0 Å². The fourth-order valence-electron chi connectivity index (χ4n) is 4.25. The van der Waals surface area contributed by atoms with E-state index in [2.05, 4.69) is 34.1 Å². The molecule has 1 aliphatic heterocycles. The number of hydrogen-bond donors (Lipinski definition) is 1. The number of carboxylic acids is 1. The molecule has 2 atom stereocenters. The minimum atomic E-state index is -0.745. The molecular weight excluding hydrogens is 396 g/mol. The van der Waals surface area contributed by atoms with Crippen LogP contribution >= 0.6 is 0 Å². The van der Waals surface area contributed by atoms with Crippen molar-refractivity contribution in [1.82, 2.24) is 4.90 Å². The molecule has 7 heteroatoms. The van der Waals surface area contributed by atoms with E-state index in [1.54, 1.807) is 21.3 Å². The number of ether oxygens (including phenoxy) is 3. The van der Waals surface area contributed by atoms with E-state index in [0.717, 1.165) is 29.8 Å². The molecule has 0 radical (unpaired) electrons. The minimum Gasteiger partial charge on any atom is -0.496 e. The average molecular weight is 429 g/mol. The van der Waals surface area contributed by atoms with Crippen LogP contribution in [0.5, 0.6) is 17.2 Å². The lowest BCUT2D eigenvalue weighted by atomic mass is 9.90. The van der Waals surface area contributed by atoms with Gasteiger partial charge in [0.05, 0.1) is 33.3 Å². The summed E-state index contributed by atoms with van der Waals surface area (Å²) in [5.41, 5.74) is 3.09. The Hall–Kier alpha value is -2.93. The molecule has 7 nitrogen and oxygen atoms in total. The van der Waals surface area contributed by atoms with Gasteiger partial charge < -0.3 is 24.2 Å². The van der Waals surface area contributed by atoms with Gasteiger partial charge in [0.1, 0.15) is 5.75 Å². The number of anilines is 1. The van der Waals surface area contributed by atoms with Crippen molar-refractivity contribution < 1.29 is 24.1 Å². The molecule has 0 bridgehead atoms. The van der Waals surface area contributed by atoms with Crippen LogP contribution in [-0.2, 0) is 4.79 Å². The van der Waals surface area contributed by atoms with Crippen LogP contribution in [0.15, 0.2) is 36.4 Å². The van der Waals surface area contributed by atoms with E-state index in [0.29, 0.717) is 30.2 Å².